The molecule has 0 aromatic heterocycles. The van der Waals surface area contributed by atoms with E-state index in [9.17, 15) is 9.59 Å². The van der Waals surface area contributed by atoms with Gasteiger partial charge in [-0.2, -0.15) is 0 Å². The van der Waals surface area contributed by atoms with Crippen LogP contribution < -0.4 is 0 Å². The molecule has 0 unspecified atom stereocenters. The topological polar surface area (TPSA) is 49.9 Å². The Labute approximate surface area is 133 Å². The summed E-state index contributed by atoms with van der Waals surface area (Å²) in [6.45, 7) is 5.80. The van der Waals surface area contributed by atoms with Crippen molar-refractivity contribution in [3.05, 3.63) is 0 Å². The van der Waals surface area contributed by atoms with Crippen molar-refractivity contribution in [3.63, 3.8) is 0 Å². The van der Waals surface area contributed by atoms with Crippen LogP contribution in [0.4, 0.5) is 0 Å². The Hall–Kier alpha value is -1.10. The van der Waals surface area contributed by atoms with Crippen LogP contribution in [-0.4, -0.2) is 60.0 Å². The van der Waals surface area contributed by atoms with Crippen molar-refractivity contribution in [3.8, 4) is 0 Å². The lowest BCUT2D eigenvalue weighted by Crippen LogP contribution is -2.70. The number of likely N-dealkylation sites (tertiary alicyclic amines) is 2. The van der Waals surface area contributed by atoms with Crippen LogP contribution in [0, 0.1) is 11.8 Å². The van der Waals surface area contributed by atoms with Gasteiger partial charge in [-0.25, -0.2) is 0 Å². The van der Waals surface area contributed by atoms with E-state index < -0.39 is 0 Å². The van der Waals surface area contributed by atoms with E-state index in [1.807, 2.05) is 9.80 Å². The predicted octanol–water partition coefficient (Wildman–Crippen LogP) is 1.66. The zero-order valence-corrected chi connectivity index (χ0v) is 14.0. The van der Waals surface area contributed by atoms with Gasteiger partial charge in [0.25, 0.3) is 5.91 Å². The van der Waals surface area contributed by atoms with Crippen molar-refractivity contribution in [1.29, 1.82) is 0 Å². The Morgan fingerprint density at radius 1 is 1.18 bits per heavy atom. The summed E-state index contributed by atoms with van der Waals surface area (Å²) < 4.78 is 5.41. The Bertz CT molecular complexity index is 439. The molecule has 2 aliphatic heterocycles. The lowest BCUT2D eigenvalue weighted by atomic mass is 9.78. The molecule has 0 radical (unpaired) electrons. The summed E-state index contributed by atoms with van der Waals surface area (Å²) in [5, 5.41) is 0. The number of hydrogen-bond acceptors (Lipinski definition) is 3. The van der Waals surface area contributed by atoms with Gasteiger partial charge in [-0.1, -0.05) is 6.42 Å². The van der Waals surface area contributed by atoms with Crippen LogP contribution in [0.3, 0.4) is 0 Å². The van der Waals surface area contributed by atoms with E-state index in [1.54, 1.807) is 7.11 Å². The molecule has 0 spiro atoms. The van der Waals surface area contributed by atoms with E-state index in [4.69, 9.17) is 4.74 Å². The van der Waals surface area contributed by atoms with Gasteiger partial charge in [0.2, 0.25) is 5.91 Å². The van der Waals surface area contributed by atoms with Crippen LogP contribution in [-0.2, 0) is 14.3 Å². The summed E-state index contributed by atoms with van der Waals surface area (Å²) in [6.07, 6.45) is 5.04. The third-order valence-corrected chi connectivity index (χ3v) is 5.73. The van der Waals surface area contributed by atoms with Gasteiger partial charge in [-0.3, -0.25) is 9.59 Å². The van der Waals surface area contributed by atoms with Gasteiger partial charge in [-0.05, 0) is 45.4 Å². The Kier molecular flexibility index (Phi) is 4.44. The number of amides is 2. The highest BCUT2D eigenvalue weighted by molar-refractivity contribution is 5.88. The van der Waals surface area contributed by atoms with Gasteiger partial charge in [0, 0.05) is 32.2 Å². The number of hydrogen-bond donors (Lipinski definition) is 0. The molecule has 2 atom stereocenters. The molecule has 0 aromatic carbocycles. The smallest absolute Gasteiger partial charge is 0.254 e. The molecule has 1 saturated carbocycles. The average Bonchev–Trinajstić information content (AvgIpc) is 2.43. The third-order valence-electron chi connectivity index (χ3n) is 5.73. The number of rotatable bonds is 4. The first kappa shape index (κ1) is 15.8. The van der Waals surface area contributed by atoms with E-state index in [0.29, 0.717) is 17.7 Å². The molecule has 2 saturated heterocycles. The van der Waals surface area contributed by atoms with Crippen LogP contribution in [0.1, 0.15) is 46.0 Å². The Morgan fingerprint density at radius 3 is 2.27 bits per heavy atom. The van der Waals surface area contributed by atoms with Crippen molar-refractivity contribution in [1.82, 2.24) is 9.80 Å². The fraction of sp³-hybridized carbons (Fsp3) is 0.882. The molecule has 2 heterocycles. The van der Waals surface area contributed by atoms with Crippen LogP contribution in [0.5, 0.6) is 0 Å². The fourth-order valence-corrected chi connectivity index (χ4v) is 4.19. The number of carbonyl (C=O) groups is 2. The van der Waals surface area contributed by atoms with E-state index in [0.717, 1.165) is 38.8 Å². The minimum absolute atomic E-state index is 0.121. The minimum Gasteiger partial charge on any atom is -0.369 e. The highest BCUT2D eigenvalue weighted by atomic mass is 16.5. The summed E-state index contributed by atoms with van der Waals surface area (Å²) in [7, 11) is 1.63. The Balaban J connectivity index is 1.58. The molecule has 0 N–H and O–H groups in total. The normalized spacial score (nSPS) is 30.5. The largest absolute Gasteiger partial charge is 0.369 e. The second-order valence-corrected chi connectivity index (χ2v) is 7.28. The zero-order valence-electron chi connectivity index (χ0n) is 14.0. The Morgan fingerprint density at radius 2 is 1.82 bits per heavy atom. The molecule has 3 aliphatic rings. The van der Waals surface area contributed by atoms with Crippen LogP contribution in [0.25, 0.3) is 0 Å². The van der Waals surface area contributed by atoms with Crippen molar-refractivity contribution in [2.45, 2.75) is 64.1 Å². The number of carbonyl (C=O) groups excluding carboxylic acids is 2. The van der Waals surface area contributed by atoms with Gasteiger partial charge >= 0.3 is 0 Å². The van der Waals surface area contributed by atoms with Gasteiger partial charge in [0.15, 0.2) is 6.10 Å². The molecule has 3 fully saturated rings. The second-order valence-electron chi connectivity index (χ2n) is 7.28. The van der Waals surface area contributed by atoms with Gasteiger partial charge < -0.3 is 14.5 Å². The number of ether oxygens (including phenoxy) is 1. The fourth-order valence-electron chi connectivity index (χ4n) is 4.19. The monoisotopic (exact) mass is 308 g/mol. The van der Waals surface area contributed by atoms with Crippen LogP contribution in [0.2, 0.25) is 0 Å². The van der Waals surface area contributed by atoms with E-state index in [2.05, 4.69) is 13.8 Å². The number of β-lactam (4-membered cyclic amide) rings is 1. The first-order valence-electron chi connectivity index (χ1n) is 8.68. The summed E-state index contributed by atoms with van der Waals surface area (Å²) in [5.41, 5.74) is 0. The molecule has 3 rings (SSSR count). The number of nitrogens with zero attached hydrogens (tertiary/aromatic N) is 2. The highest BCUT2D eigenvalue weighted by Gasteiger charge is 2.52. The zero-order chi connectivity index (χ0) is 15.9. The first-order valence-corrected chi connectivity index (χ1v) is 8.68. The van der Waals surface area contributed by atoms with Crippen molar-refractivity contribution >= 4 is 11.8 Å². The van der Waals surface area contributed by atoms with Crippen molar-refractivity contribution < 1.29 is 14.3 Å². The maximum atomic E-state index is 12.3. The molecule has 1 aliphatic carbocycles. The molecule has 5 nitrogen and oxygen atoms in total. The second kappa shape index (κ2) is 6.19. The molecule has 124 valence electrons. The van der Waals surface area contributed by atoms with Crippen molar-refractivity contribution in [2.24, 2.45) is 11.8 Å². The molecular formula is C17H28N2O3. The molecule has 0 aromatic rings. The lowest BCUT2D eigenvalue weighted by molar-refractivity contribution is -0.182. The standard InChI is InChI=1S/C17H28N2O3/c1-11(2)19-14(15(22-3)17(19)21)12-7-9-18(10-8-12)16(20)13-5-4-6-13/h11-15H,4-10H2,1-3H3/t14-,15+/m0/s1. The molecule has 5 heteroatoms. The number of piperidine rings is 1. The SMILES string of the molecule is CO[C@H]1C(=O)N(C(C)C)[C@H]1C1CCN(C(=O)C2CCC2)CC1. The lowest BCUT2D eigenvalue weighted by Gasteiger charge is -2.53. The predicted molar refractivity (Wildman–Crippen MR) is 83.2 cm³/mol. The molecule has 22 heavy (non-hydrogen) atoms. The quantitative estimate of drug-likeness (QED) is 0.742. The van der Waals surface area contributed by atoms with Crippen LogP contribution >= 0.6 is 0 Å². The van der Waals surface area contributed by atoms with Gasteiger partial charge in [0.1, 0.15) is 0 Å². The first-order chi connectivity index (χ1) is 10.5. The maximum absolute atomic E-state index is 12.3. The van der Waals surface area contributed by atoms with E-state index in [1.165, 1.54) is 6.42 Å². The minimum atomic E-state index is -0.277. The molecular weight excluding hydrogens is 280 g/mol. The highest BCUT2D eigenvalue weighted by Crippen LogP contribution is 2.37. The summed E-state index contributed by atoms with van der Waals surface area (Å²) in [4.78, 5) is 28.5. The molecule has 2 amide bonds. The van der Waals surface area contributed by atoms with E-state index >= 15 is 0 Å². The van der Waals surface area contributed by atoms with Gasteiger partial charge in [0.05, 0.1) is 6.04 Å². The molecule has 0 bridgehead atoms. The van der Waals surface area contributed by atoms with Gasteiger partial charge in [-0.15, -0.1) is 0 Å². The summed E-state index contributed by atoms with van der Waals surface area (Å²) in [5.74, 6) is 1.23. The number of methoxy groups -OCH3 is 1. The van der Waals surface area contributed by atoms with Crippen LogP contribution in [0.15, 0.2) is 0 Å². The summed E-state index contributed by atoms with van der Waals surface area (Å²) >= 11 is 0. The van der Waals surface area contributed by atoms with E-state index in [-0.39, 0.29) is 24.1 Å². The van der Waals surface area contributed by atoms with Crippen molar-refractivity contribution in [2.75, 3.05) is 20.2 Å². The average molecular weight is 308 g/mol. The third kappa shape index (κ3) is 2.53. The maximum Gasteiger partial charge on any atom is 0.254 e. The summed E-state index contributed by atoms with van der Waals surface area (Å²) in [6, 6.07) is 0.414.